The molecule has 1 fully saturated rings. The van der Waals surface area contributed by atoms with Gasteiger partial charge in [0.2, 0.25) is 0 Å². The summed E-state index contributed by atoms with van der Waals surface area (Å²) in [6.07, 6.45) is 0. The number of carbonyl (C=O) groups is 1. The highest BCUT2D eigenvalue weighted by Gasteiger charge is 2.29. The van der Waals surface area contributed by atoms with E-state index in [1.165, 1.54) is 0 Å². The van der Waals surface area contributed by atoms with Gasteiger partial charge in [0.15, 0.2) is 0 Å². The van der Waals surface area contributed by atoms with Gasteiger partial charge in [0, 0.05) is 29.6 Å². The molecule has 7 heteroatoms. The molecular formula is C15H22N2O3S2. The molecule has 0 bridgehead atoms. The number of hydrogen-bond acceptors (Lipinski definition) is 5. The third-order valence-electron chi connectivity index (χ3n) is 3.09. The van der Waals surface area contributed by atoms with Crippen LogP contribution in [0.1, 0.15) is 0 Å². The number of aliphatic hydroxyl groups is 1. The minimum Gasteiger partial charge on any atom is -0.492 e. The molecule has 1 aromatic carbocycles. The summed E-state index contributed by atoms with van der Waals surface area (Å²) in [6, 6.07) is 9.20. The van der Waals surface area contributed by atoms with E-state index < -0.39 is 5.60 Å². The lowest BCUT2D eigenvalue weighted by atomic mass is 10.1. The predicted octanol–water partition coefficient (Wildman–Crippen LogP) is 1.58. The van der Waals surface area contributed by atoms with Crippen molar-refractivity contribution in [3.8, 4) is 5.75 Å². The van der Waals surface area contributed by atoms with Crippen LogP contribution in [-0.4, -0.2) is 59.4 Å². The molecule has 0 unspecified atom stereocenters. The van der Waals surface area contributed by atoms with E-state index in [0.29, 0.717) is 24.7 Å². The highest BCUT2D eigenvalue weighted by molar-refractivity contribution is 8.03. The van der Waals surface area contributed by atoms with Gasteiger partial charge in [-0.05, 0) is 12.1 Å². The summed E-state index contributed by atoms with van der Waals surface area (Å²) < 4.78 is 5.49. The van der Waals surface area contributed by atoms with Crippen LogP contribution >= 0.6 is 23.5 Å². The van der Waals surface area contributed by atoms with E-state index in [0.717, 1.165) is 17.3 Å². The van der Waals surface area contributed by atoms with Crippen molar-refractivity contribution in [3.05, 3.63) is 30.3 Å². The lowest BCUT2D eigenvalue weighted by Crippen LogP contribution is -2.49. The van der Waals surface area contributed by atoms with E-state index in [4.69, 9.17) is 4.74 Å². The van der Waals surface area contributed by atoms with Crippen LogP contribution in [-0.2, 0) is 0 Å². The van der Waals surface area contributed by atoms with Crippen LogP contribution in [0.3, 0.4) is 0 Å². The monoisotopic (exact) mass is 342 g/mol. The van der Waals surface area contributed by atoms with Gasteiger partial charge >= 0.3 is 6.03 Å². The third kappa shape index (κ3) is 6.37. The molecule has 22 heavy (non-hydrogen) atoms. The fraction of sp³-hybridized carbons (Fsp3) is 0.533. The molecule has 0 radical (unpaired) electrons. The van der Waals surface area contributed by atoms with Crippen molar-refractivity contribution >= 4 is 29.6 Å². The smallest absolute Gasteiger partial charge is 0.315 e. The largest absolute Gasteiger partial charge is 0.492 e. The molecule has 3 N–H and O–H groups in total. The van der Waals surface area contributed by atoms with Gasteiger partial charge in [-0.1, -0.05) is 18.2 Å². The predicted molar refractivity (Wildman–Crippen MR) is 92.9 cm³/mol. The number of benzene rings is 1. The van der Waals surface area contributed by atoms with Crippen LogP contribution in [0.25, 0.3) is 0 Å². The number of rotatable bonds is 6. The second-order valence-electron chi connectivity index (χ2n) is 5.10. The van der Waals surface area contributed by atoms with Gasteiger partial charge in [0.25, 0.3) is 0 Å². The zero-order valence-corrected chi connectivity index (χ0v) is 14.0. The van der Waals surface area contributed by atoms with Crippen molar-refractivity contribution in [1.29, 1.82) is 0 Å². The molecule has 0 aromatic heterocycles. The third-order valence-corrected chi connectivity index (χ3v) is 5.82. The van der Waals surface area contributed by atoms with E-state index in [1.807, 2.05) is 30.3 Å². The summed E-state index contributed by atoms with van der Waals surface area (Å²) in [6.45, 7) is 1.11. The van der Waals surface area contributed by atoms with Crippen molar-refractivity contribution in [3.63, 3.8) is 0 Å². The SMILES string of the molecule is O=C(NCCOc1ccccc1)NCC1(O)CSCCSC1. The Morgan fingerprint density at radius 1 is 1.18 bits per heavy atom. The molecule has 0 saturated carbocycles. The average Bonchev–Trinajstić information content (AvgIpc) is 2.76. The van der Waals surface area contributed by atoms with Crippen molar-refractivity contribution in [2.75, 3.05) is 42.7 Å². The summed E-state index contributed by atoms with van der Waals surface area (Å²) in [5, 5.41) is 15.9. The Kier molecular flexibility index (Phi) is 7.21. The van der Waals surface area contributed by atoms with Gasteiger partial charge in [-0.3, -0.25) is 0 Å². The van der Waals surface area contributed by atoms with Crippen LogP contribution in [0.5, 0.6) is 5.75 Å². The van der Waals surface area contributed by atoms with Gasteiger partial charge in [0.1, 0.15) is 12.4 Å². The molecule has 1 heterocycles. The minimum absolute atomic E-state index is 0.274. The van der Waals surface area contributed by atoms with Gasteiger partial charge in [-0.2, -0.15) is 23.5 Å². The van der Waals surface area contributed by atoms with Crippen LogP contribution in [0.15, 0.2) is 30.3 Å². The first-order chi connectivity index (χ1) is 10.7. The molecule has 5 nitrogen and oxygen atoms in total. The number of thioether (sulfide) groups is 2. The molecule has 1 aromatic rings. The van der Waals surface area contributed by atoms with Crippen LogP contribution in [0.4, 0.5) is 4.79 Å². The summed E-state index contributed by atoms with van der Waals surface area (Å²) in [5.74, 6) is 4.22. The fourth-order valence-corrected chi connectivity index (χ4v) is 4.47. The molecule has 2 amide bonds. The highest BCUT2D eigenvalue weighted by Crippen LogP contribution is 2.24. The maximum Gasteiger partial charge on any atom is 0.315 e. The molecule has 0 aliphatic carbocycles. The standard InChI is InChI=1S/C15H22N2O3S2/c18-14(16-6-7-20-13-4-2-1-3-5-13)17-10-15(19)11-21-8-9-22-12-15/h1-5,19H,6-12H2,(H2,16,17,18). The van der Waals surface area contributed by atoms with E-state index in [9.17, 15) is 9.90 Å². The van der Waals surface area contributed by atoms with Crippen molar-refractivity contribution in [1.82, 2.24) is 10.6 Å². The zero-order valence-electron chi connectivity index (χ0n) is 12.4. The fourth-order valence-electron chi connectivity index (χ4n) is 1.94. The number of ether oxygens (including phenoxy) is 1. The van der Waals surface area contributed by atoms with E-state index in [-0.39, 0.29) is 12.6 Å². The maximum absolute atomic E-state index is 11.7. The molecule has 1 saturated heterocycles. The molecule has 122 valence electrons. The Labute approximate surface area is 139 Å². The normalized spacial score (nSPS) is 17.3. The topological polar surface area (TPSA) is 70.6 Å². The zero-order chi connectivity index (χ0) is 15.7. The van der Waals surface area contributed by atoms with Crippen molar-refractivity contribution in [2.24, 2.45) is 0 Å². The summed E-state index contributed by atoms with van der Waals surface area (Å²) in [7, 11) is 0. The van der Waals surface area contributed by atoms with Crippen molar-refractivity contribution < 1.29 is 14.6 Å². The number of para-hydroxylation sites is 1. The summed E-state index contributed by atoms with van der Waals surface area (Å²) >= 11 is 3.46. The van der Waals surface area contributed by atoms with Crippen LogP contribution < -0.4 is 15.4 Å². The molecule has 0 atom stereocenters. The molecule has 1 aliphatic rings. The number of hydrogen-bond donors (Lipinski definition) is 3. The van der Waals surface area contributed by atoms with Gasteiger partial charge in [-0.15, -0.1) is 0 Å². The summed E-state index contributed by atoms with van der Waals surface area (Å²) in [4.78, 5) is 11.7. The van der Waals surface area contributed by atoms with Crippen molar-refractivity contribution in [2.45, 2.75) is 5.60 Å². The summed E-state index contributed by atoms with van der Waals surface area (Å²) in [5.41, 5.74) is -0.816. The first-order valence-corrected chi connectivity index (χ1v) is 9.56. The Morgan fingerprint density at radius 2 is 1.86 bits per heavy atom. The van der Waals surface area contributed by atoms with Crippen LogP contribution in [0.2, 0.25) is 0 Å². The Hall–Kier alpha value is -1.05. The van der Waals surface area contributed by atoms with E-state index in [2.05, 4.69) is 10.6 Å². The second kappa shape index (κ2) is 9.17. The molecular weight excluding hydrogens is 320 g/mol. The first kappa shape index (κ1) is 17.3. The van der Waals surface area contributed by atoms with Gasteiger partial charge < -0.3 is 20.5 Å². The second-order valence-corrected chi connectivity index (χ2v) is 7.31. The van der Waals surface area contributed by atoms with Crippen LogP contribution in [0, 0.1) is 0 Å². The molecule has 1 aliphatic heterocycles. The highest BCUT2D eigenvalue weighted by atomic mass is 32.2. The van der Waals surface area contributed by atoms with Gasteiger partial charge in [-0.25, -0.2) is 4.79 Å². The molecule has 0 spiro atoms. The quantitative estimate of drug-likeness (QED) is 0.685. The lowest BCUT2D eigenvalue weighted by Gasteiger charge is -2.25. The van der Waals surface area contributed by atoms with E-state index >= 15 is 0 Å². The lowest BCUT2D eigenvalue weighted by molar-refractivity contribution is 0.0921. The Balaban J connectivity index is 1.59. The number of carbonyl (C=O) groups excluding carboxylic acids is 1. The minimum atomic E-state index is -0.816. The number of amides is 2. The number of nitrogens with one attached hydrogen (secondary N) is 2. The Bertz CT molecular complexity index is 451. The number of urea groups is 1. The Morgan fingerprint density at radius 3 is 2.55 bits per heavy atom. The first-order valence-electron chi connectivity index (χ1n) is 7.25. The average molecular weight is 342 g/mol. The molecule has 2 rings (SSSR count). The van der Waals surface area contributed by atoms with Gasteiger partial charge in [0.05, 0.1) is 12.1 Å². The van der Waals surface area contributed by atoms with E-state index in [1.54, 1.807) is 23.5 Å². The maximum atomic E-state index is 11.7.